The topological polar surface area (TPSA) is 90.2 Å². The van der Waals surface area contributed by atoms with Gasteiger partial charge in [-0.3, -0.25) is 0 Å². The fourth-order valence-electron chi connectivity index (χ4n) is 2.99. The molecule has 0 bridgehead atoms. The Kier molecular flexibility index (Phi) is 5.16. The van der Waals surface area contributed by atoms with Crippen LogP contribution in [0.15, 0.2) is 95.3 Å². The molecule has 29 heavy (non-hydrogen) atoms. The highest BCUT2D eigenvalue weighted by molar-refractivity contribution is 5.79. The SMILES string of the molecule is N=Nc1ccc(C=Cc2cn(-c3ccc(N=N)cc3)nc2-c2ccccc2)cc1. The second kappa shape index (κ2) is 8.22. The van der Waals surface area contributed by atoms with Crippen molar-refractivity contribution in [2.45, 2.75) is 0 Å². The maximum absolute atomic E-state index is 7.11. The molecule has 0 amide bonds. The van der Waals surface area contributed by atoms with Gasteiger partial charge in [0.25, 0.3) is 0 Å². The number of aromatic nitrogens is 2. The van der Waals surface area contributed by atoms with Crippen molar-refractivity contribution < 1.29 is 0 Å². The van der Waals surface area contributed by atoms with Gasteiger partial charge >= 0.3 is 0 Å². The monoisotopic (exact) mass is 378 g/mol. The third-order valence-corrected chi connectivity index (χ3v) is 4.51. The van der Waals surface area contributed by atoms with Crippen molar-refractivity contribution in [3.63, 3.8) is 0 Å². The molecule has 4 aromatic rings. The van der Waals surface area contributed by atoms with Crippen LogP contribution in [0.2, 0.25) is 0 Å². The molecule has 0 aliphatic rings. The van der Waals surface area contributed by atoms with Gasteiger partial charge in [0.15, 0.2) is 0 Å². The summed E-state index contributed by atoms with van der Waals surface area (Å²) in [5.74, 6) is 0. The van der Waals surface area contributed by atoms with Crippen LogP contribution in [0, 0.1) is 11.1 Å². The number of benzene rings is 3. The largest absolute Gasteiger partial charge is 0.240 e. The lowest BCUT2D eigenvalue weighted by Crippen LogP contribution is -1.94. The van der Waals surface area contributed by atoms with E-state index in [1.807, 2.05) is 89.8 Å². The minimum atomic E-state index is 0.604. The zero-order valence-electron chi connectivity index (χ0n) is 15.5. The molecule has 0 fully saturated rings. The molecule has 1 heterocycles. The molecule has 6 nitrogen and oxygen atoms in total. The highest BCUT2D eigenvalue weighted by Gasteiger charge is 2.10. The van der Waals surface area contributed by atoms with Crippen LogP contribution in [0.3, 0.4) is 0 Å². The summed E-state index contributed by atoms with van der Waals surface area (Å²) in [4.78, 5) is 0. The zero-order valence-corrected chi connectivity index (χ0v) is 15.5. The third-order valence-electron chi connectivity index (χ3n) is 4.51. The summed E-state index contributed by atoms with van der Waals surface area (Å²) < 4.78 is 1.83. The summed E-state index contributed by atoms with van der Waals surface area (Å²) in [6, 6.07) is 24.9. The number of hydrogen-bond acceptors (Lipinski definition) is 5. The molecule has 1 aromatic heterocycles. The van der Waals surface area contributed by atoms with Gasteiger partial charge in [-0.25, -0.2) is 15.7 Å². The van der Waals surface area contributed by atoms with Crippen LogP contribution in [-0.4, -0.2) is 9.78 Å². The Labute approximate surface area is 168 Å². The smallest absolute Gasteiger partial charge is 0.0999 e. The van der Waals surface area contributed by atoms with Gasteiger partial charge in [0, 0.05) is 17.3 Å². The molecule has 2 N–H and O–H groups in total. The van der Waals surface area contributed by atoms with Crippen molar-refractivity contribution in [1.29, 1.82) is 11.1 Å². The second-order valence-electron chi connectivity index (χ2n) is 6.41. The van der Waals surface area contributed by atoms with Crippen LogP contribution in [0.1, 0.15) is 11.1 Å². The van der Waals surface area contributed by atoms with Gasteiger partial charge in [-0.15, -0.1) is 0 Å². The first-order valence-electron chi connectivity index (χ1n) is 9.05. The normalized spacial score (nSPS) is 10.9. The second-order valence-corrected chi connectivity index (χ2v) is 6.41. The number of hydrogen-bond donors (Lipinski definition) is 2. The van der Waals surface area contributed by atoms with Crippen LogP contribution in [0.25, 0.3) is 29.1 Å². The average molecular weight is 378 g/mol. The molecule has 0 saturated carbocycles. The summed E-state index contributed by atoms with van der Waals surface area (Å²) in [7, 11) is 0. The molecule has 0 aliphatic heterocycles. The summed E-state index contributed by atoms with van der Waals surface area (Å²) in [5.41, 5.74) is 20.2. The van der Waals surface area contributed by atoms with E-state index in [0.29, 0.717) is 11.4 Å². The van der Waals surface area contributed by atoms with Gasteiger partial charge in [0.1, 0.15) is 0 Å². The van der Waals surface area contributed by atoms with E-state index in [2.05, 4.69) is 10.2 Å². The van der Waals surface area contributed by atoms with Crippen molar-refractivity contribution in [2.75, 3.05) is 0 Å². The Morgan fingerprint density at radius 2 is 1.34 bits per heavy atom. The van der Waals surface area contributed by atoms with Gasteiger partial charge in [-0.05, 0) is 42.0 Å². The van der Waals surface area contributed by atoms with Crippen LogP contribution in [-0.2, 0) is 0 Å². The van der Waals surface area contributed by atoms with Gasteiger partial charge in [0.05, 0.1) is 22.8 Å². The van der Waals surface area contributed by atoms with Gasteiger partial charge in [-0.1, -0.05) is 54.6 Å². The van der Waals surface area contributed by atoms with Crippen molar-refractivity contribution in [3.8, 4) is 16.9 Å². The van der Waals surface area contributed by atoms with E-state index in [0.717, 1.165) is 28.1 Å². The zero-order chi connectivity index (χ0) is 20.1. The lowest BCUT2D eigenvalue weighted by Gasteiger charge is -2.01. The van der Waals surface area contributed by atoms with Crippen molar-refractivity contribution in [1.82, 2.24) is 9.78 Å². The van der Waals surface area contributed by atoms with Gasteiger partial charge < -0.3 is 0 Å². The van der Waals surface area contributed by atoms with Crippen molar-refractivity contribution in [2.24, 2.45) is 10.2 Å². The quantitative estimate of drug-likeness (QED) is 0.346. The van der Waals surface area contributed by atoms with Crippen molar-refractivity contribution >= 4 is 23.5 Å². The molecule has 0 aliphatic carbocycles. The summed E-state index contributed by atoms with van der Waals surface area (Å²) in [6.07, 6.45) is 6.04. The van der Waals surface area contributed by atoms with Crippen LogP contribution >= 0.6 is 0 Å². The van der Waals surface area contributed by atoms with Crippen LogP contribution < -0.4 is 0 Å². The molecule has 0 radical (unpaired) electrons. The van der Waals surface area contributed by atoms with E-state index in [4.69, 9.17) is 16.2 Å². The maximum Gasteiger partial charge on any atom is 0.0999 e. The number of nitrogens with zero attached hydrogens (tertiary/aromatic N) is 4. The Morgan fingerprint density at radius 1 is 0.724 bits per heavy atom. The van der Waals surface area contributed by atoms with E-state index in [1.165, 1.54) is 0 Å². The number of nitrogens with one attached hydrogen (secondary N) is 2. The highest BCUT2D eigenvalue weighted by atomic mass is 15.3. The maximum atomic E-state index is 7.11. The van der Waals surface area contributed by atoms with E-state index in [-0.39, 0.29) is 0 Å². The molecule has 4 rings (SSSR count). The van der Waals surface area contributed by atoms with Gasteiger partial charge in [-0.2, -0.15) is 15.3 Å². The third kappa shape index (κ3) is 4.06. The van der Waals surface area contributed by atoms with Crippen LogP contribution in [0.4, 0.5) is 11.4 Å². The van der Waals surface area contributed by atoms with E-state index in [9.17, 15) is 0 Å². The molecule has 3 aromatic carbocycles. The molecular formula is C23H18N6. The Balaban J connectivity index is 1.73. The lowest BCUT2D eigenvalue weighted by atomic mass is 10.1. The highest BCUT2D eigenvalue weighted by Crippen LogP contribution is 2.26. The Bertz CT molecular complexity index is 1160. The summed E-state index contributed by atoms with van der Waals surface area (Å²) in [5, 5.41) is 11.7. The Hall–Kier alpha value is -4.19. The number of rotatable bonds is 6. The first kappa shape index (κ1) is 18.2. The van der Waals surface area contributed by atoms with Gasteiger partial charge in [0.2, 0.25) is 0 Å². The predicted molar refractivity (Wildman–Crippen MR) is 114 cm³/mol. The summed E-state index contributed by atoms with van der Waals surface area (Å²) >= 11 is 0. The van der Waals surface area contributed by atoms with E-state index in [1.54, 1.807) is 12.1 Å². The minimum absolute atomic E-state index is 0.604. The average Bonchev–Trinajstić information content (AvgIpc) is 3.23. The molecule has 6 heteroatoms. The fourth-order valence-corrected chi connectivity index (χ4v) is 2.99. The van der Waals surface area contributed by atoms with E-state index < -0.39 is 0 Å². The Morgan fingerprint density at radius 3 is 1.97 bits per heavy atom. The molecule has 0 spiro atoms. The molecule has 140 valence electrons. The van der Waals surface area contributed by atoms with Crippen LogP contribution in [0.5, 0.6) is 0 Å². The first-order chi connectivity index (χ1) is 14.3. The van der Waals surface area contributed by atoms with E-state index >= 15 is 0 Å². The first-order valence-corrected chi connectivity index (χ1v) is 9.05. The standard InChI is InChI=1S/C23H18N6/c24-26-20-10-7-17(8-11-20)6-9-19-16-29(22-14-12-21(27-25)13-15-22)28-23(19)18-4-2-1-3-5-18/h1-16,24-25H. The fraction of sp³-hybridized carbons (Fsp3) is 0. The predicted octanol–water partition coefficient (Wildman–Crippen LogP) is 7.03. The molecule has 0 saturated heterocycles. The molecular weight excluding hydrogens is 360 g/mol. The molecule has 0 unspecified atom stereocenters. The lowest BCUT2D eigenvalue weighted by molar-refractivity contribution is 0.884. The summed E-state index contributed by atoms with van der Waals surface area (Å²) in [6.45, 7) is 0. The minimum Gasteiger partial charge on any atom is -0.240 e. The molecule has 0 atom stereocenters. The van der Waals surface area contributed by atoms with Crippen molar-refractivity contribution in [3.05, 3.63) is 96.2 Å².